The van der Waals surface area contributed by atoms with E-state index >= 15 is 0 Å². The summed E-state index contributed by atoms with van der Waals surface area (Å²) in [5, 5.41) is 1.13. The molecule has 3 aromatic rings. The number of nitrogens with one attached hydrogen (secondary N) is 1. The van der Waals surface area contributed by atoms with Gasteiger partial charge in [0, 0.05) is 16.6 Å². The fraction of sp³-hybridized carbons (Fsp3) is 0.0667. The van der Waals surface area contributed by atoms with Gasteiger partial charge in [-0.1, -0.05) is 0 Å². The molecule has 0 spiro atoms. The number of aromatic nitrogens is 1. The highest BCUT2D eigenvalue weighted by atomic mass is 19.1. The van der Waals surface area contributed by atoms with Crippen LogP contribution in [0.15, 0.2) is 42.5 Å². The van der Waals surface area contributed by atoms with Gasteiger partial charge in [-0.15, -0.1) is 0 Å². The molecule has 0 unspecified atom stereocenters. The second kappa shape index (κ2) is 3.74. The Hall–Kier alpha value is -2.09. The van der Waals surface area contributed by atoms with Gasteiger partial charge in [0.2, 0.25) is 0 Å². The van der Waals surface area contributed by atoms with Gasteiger partial charge in [0.1, 0.15) is 5.82 Å². The molecule has 1 N–H and O–H groups in total. The molecule has 17 heavy (non-hydrogen) atoms. The third-order valence-electron chi connectivity index (χ3n) is 2.94. The molecule has 1 heterocycles. The Morgan fingerprint density at radius 1 is 1.12 bits per heavy atom. The normalized spacial score (nSPS) is 10.9. The van der Waals surface area contributed by atoms with E-state index in [0.29, 0.717) is 0 Å². The summed E-state index contributed by atoms with van der Waals surface area (Å²) < 4.78 is 12.9. The van der Waals surface area contributed by atoms with Gasteiger partial charge in [-0.05, 0) is 66.6 Å². The monoisotopic (exact) mass is 224 g/mol. The van der Waals surface area contributed by atoms with Gasteiger partial charge in [-0.2, -0.15) is 0 Å². The van der Waals surface area contributed by atoms with E-state index in [1.165, 1.54) is 12.1 Å². The molecule has 2 aromatic carbocycles. The summed E-state index contributed by atoms with van der Waals surface area (Å²) in [5.41, 5.74) is 4.27. The van der Waals surface area contributed by atoms with Crippen LogP contribution in [0.3, 0.4) is 0 Å². The van der Waals surface area contributed by atoms with Crippen molar-refractivity contribution in [1.82, 2.24) is 4.98 Å². The van der Waals surface area contributed by atoms with Crippen LogP contribution >= 0.6 is 0 Å². The lowest BCUT2D eigenvalue weighted by Crippen LogP contribution is -1.79. The lowest BCUT2D eigenvalue weighted by Gasteiger charge is -1.97. The van der Waals surface area contributed by atoms with Crippen molar-refractivity contribution in [3.8, 4) is 11.3 Å². The number of fused-ring (bicyclic) bond motifs is 1. The molecule has 0 saturated carbocycles. The first kappa shape index (κ1) is 10.1. The van der Waals surface area contributed by atoms with E-state index < -0.39 is 0 Å². The molecule has 0 fully saturated rings. The standard InChI is InChI=1S/C15H11FN/c1-10-3-2-4-12-9-14(17-15(10)12)11-5-7-13(16)8-6-11/h3-9,17H,1H3. The Morgan fingerprint density at radius 3 is 2.59 bits per heavy atom. The zero-order chi connectivity index (χ0) is 11.8. The molecular weight excluding hydrogens is 213 g/mol. The van der Waals surface area contributed by atoms with Crippen LogP contribution in [0, 0.1) is 18.8 Å². The van der Waals surface area contributed by atoms with Gasteiger partial charge < -0.3 is 4.98 Å². The highest BCUT2D eigenvalue weighted by Gasteiger charge is 2.04. The average Bonchev–Trinajstić information content (AvgIpc) is 2.75. The van der Waals surface area contributed by atoms with E-state index in [0.717, 1.165) is 27.7 Å². The Morgan fingerprint density at radius 2 is 1.88 bits per heavy atom. The van der Waals surface area contributed by atoms with Crippen LogP contribution in [-0.4, -0.2) is 4.98 Å². The summed E-state index contributed by atoms with van der Waals surface area (Å²) in [6, 6.07) is 15.6. The number of aromatic amines is 1. The average molecular weight is 224 g/mol. The number of H-pyrrole nitrogens is 1. The smallest absolute Gasteiger partial charge is 0.123 e. The number of benzene rings is 2. The maximum Gasteiger partial charge on any atom is 0.123 e. The van der Waals surface area contributed by atoms with Crippen molar-refractivity contribution in [2.24, 2.45) is 0 Å². The van der Waals surface area contributed by atoms with Crippen molar-refractivity contribution >= 4 is 10.9 Å². The van der Waals surface area contributed by atoms with Crippen molar-refractivity contribution in [2.45, 2.75) is 6.92 Å². The topological polar surface area (TPSA) is 15.8 Å². The zero-order valence-corrected chi connectivity index (χ0v) is 9.42. The molecule has 0 saturated heterocycles. The minimum atomic E-state index is -0.214. The van der Waals surface area contributed by atoms with Crippen LogP contribution in [0.25, 0.3) is 22.2 Å². The summed E-state index contributed by atoms with van der Waals surface area (Å²) in [4.78, 5) is 3.36. The predicted molar refractivity (Wildman–Crippen MR) is 67.3 cm³/mol. The molecule has 0 amide bonds. The number of aryl methyl sites for hydroxylation is 1. The third kappa shape index (κ3) is 1.72. The van der Waals surface area contributed by atoms with E-state index in [9.17, 15) is 4.39 Å². The van der Waals surface area contributed by atoms with E-state index in [4.69, 9.17) is 0 Å². The molecule has 83 valence electrons. The van der Waals surface area contributed by atoms with Gasteiger partial charge in [0.25, 0.3) is 0 Å². The first-order valence-electron chi connectivity index (χ1n) is 5.49. The van der Waals surface area contributed by atoms with Crippen LogP contribution in [0.1, 0.15) is 5.56 Å². The molecule has 2 heteroatoms. The summed E-state index contributed by atoms with van der Waals surface area (Å²) in [7, 11) is 0. The lowest BCUT2D eigenvalue weighted by atomic mass is 10.1. The maximum atomic E-state index is 12.9. The van der Waals surface area contributed by atoms with Crippen molar-refractivity contribution in [2.75, 3.05) is 0 Å². The molecule has 1 aromatic heterocycles. The second-order valence-corrected chi connectivity index (χ2v) is 4.16. The quantitative estimate of drug-likeness (QED) is 0.641. The summed E-state index contributed by atoms with van der Waals surface area (Å²) in [6.45, 7) is 2.05. The minimum absolute atomic E-state index is 0.214. The second-order valence-electron chi connectivity index (χ2n) is 4.16. The first-order valence-corrected chi connectivity index (χ1v) is 5.49. The number of hydrogen-bond donors (Lipinski definition) is 1. The molecule has 1 radical (unpaired) electrons. The minimum Gasteiger partial charge on any atom is -0.354 e. The highest BCUT2D eigenvalue weighted by molar-refractivity contribution is 5.87. The Labute approximate surface area is 98.9 Å². The van der Waals surface area contributed by atoms with E-state index in [1.54, 1.807) is 12.1 Å². The van der Waals surface area contributed by atoms with Gasteiger partial charge in [-0.3, -0.25) is 0 Å². The van der Waals surface area contributed by atoms with Crippen molar-refractivity contribution in [3.63, 3.8) is 0 Å². The first-order chi connectivity index (χ1) is 8.24. The Balaban J connectivity index is 2.18. The fourth-order valence-corrected chi connectivity index (χ4v) is 2.02. The summed E-state index contributed by atoms with van der Waals surface area (Å²) in [6.07, 6.45) is 0. The molecule has 1 nitrogen and oxygen atoms in total. The van der Waals surface area contributed by atoms with Crippen LogP contribution < -0.4 is 0 Å². The number of halogens is 1. The van der Waals surface area contributed by atoms with Crippen molar-refractivity contribution < 1.29 is 4.39 Å². The molecule has 3 rings (SSSR count). The van der Waals surface area contributed by atoms with Gasteiger partial charge in [-0.25, -0.2) is 4.39 Å². The van der Waals surface area contributed by atoms with Crippen LogP contribution in [0.4, 0.5) is 4.39 Å². The third-order valence-corrected chi connectivity index (χ3v) is 2.94. The Bertz CT molecular complexity index is 665. The van der Waals surface area contributed by atoms with Gasteiger partial charge in [0.05, 0.1) is 0 Å². The van der Waals surface area contributed by atoms with Crippen molar-refractivity contribution in [3.05, 3.63) is 59.9 Å². The van der Waals surface area contributed by atoms with Crippen LogP contribution in [-0.2, 0) is 0 Å². The molecule has 0 atom stereocenters. The van der Waals surface area contributed by atoms with Gasteiger partial charge >= 0.3 is 0 Å². The van der Waals surface area contributed by atoms with Crippen LogP contribution in [0.5, 0.6) is 0 Å². The molecule has 0 aliphatic rings. The summed E-state index contributed by atoms with van der Waals surface area (Å²) in [5.74, 6) is -0.214. The van der Waals surface area contributed by atoms with E-state index in [-0.39, 0.29) is 5.82 Å². The predicted octanol–water partition coefficient (Wildman–Crippen LogP) is 4.08. The molecule has 0 aliphatic heterocycles. The van der Waals surface area contributed by atoms with Crippen LogP contribution in [0.2, 0.25) is 0 Å². The molecule has 0 aliphatic carbocycles. The largest absolute Gasteiger partial charge is 0.354 e. The van der Waals surface area contributed by atoms with E-state index in [2.05, 4.69) is 17.1 Å². The Kier molecular flexibility index (Phi) is 2.22. The number of rotatable bonds is 1. The van der Waals surface area contributed by atoms with Crippen molar-refractivity contribution in [1.29, 1.82) is 0 Å². The lowest BCUT2D eigenvalue weighted by molar-refractivity contribution is 0.628. The zero-order valence-electron chi connectivity index (χ0n) is 9.42. The number of hydrogen-bond acceptors (Lipinski definition) is 0. The summed E-state index contributed by atoms with van der Waals surface area (Å²) >= 11 is 0. The highest BCUT2D eigenvalue weighted by Crippen LogP contribution is 2.25. The SMILES string of the molecule is Cc1c[c]cc2cc(-c3ccc(F)cc3)[nH]c12. The van der Waals surface area contributed by atoms with Gasteiger partial charge in [0.15, 0.2) is 0 Å². The fourth-order valence-electron chi connectivity index (χ4n) is 2.02. The molecular formula is C15H11FN. The molecule has 0 bridgehead atoms. The maximum absolute atomic E-state index is 12.9. The van der Waals surface area contributed by atoms with E-state index in [1.807, 2.05) is 19.1 Å².